The largest absolute Gasteiger partial charge is 0.467 e. The van der Waals surface area contributed by atoms with Crippen LogP contribution in [0.1, 0.15) is 33.6 Å². The number of ether oxygens (including phenoxy) is 3. The van der Waals surface area contributed by atoms with Gasteiger partial charge < -0.3 is 19.5 Å². The fourth-order valence-corrected chi connectivity index (χ4v) is 1.23. The first kappa shape index (κ1) is 14.8. The summed E-state index contributed by atoms with van der Waals surface area (Å²) in [6.45, 7) is 5.36. The number of hydrogen-bond donors (Lipinski definition) is 1. The number of hydrogen-bond acceptors (Lipinski definition) is 5. The van der Waals surface area contributed by atoms with Gasteiger partial charge in [0.2, 0.25) is 0 Å². The lowest BCUT2D eigenvalue weighted by Crippen LogP contribution is -2.46. The maximum Gasteiger partial charge on any atom is 0.408 e. The van der Waals surface area contributed by atoms with Gasteiger partial charge in [0.1, 0.15) is 5.60 Å². The van der Waals surface area contributed by atoms with E-state index in [0.29, 0.717) is 0 Å². The molecule has 0 unspecified atom stereocenters. The first-order valence-electron chi connectivity index (χ1n) is 6.01. The summed E-state index contributed by atoms with van der Waals surface area (Å²) in [6.07, 6.45) is 1.55. The van der Waals surface area contributed by atoms with Crippen molar-refractivity contribution in [1.29, 1.82) is 0 Å². The summed E-state index contributed by atoms with van der Waals surface area (Å²) in [4.78, 5) is 23.0. The van der Waals surface area contributed by atoms with Gasteiger partial charge in [-0.1, -0.05) is 0 Å². The molecule has 0 spiro atoms. The summed E-state index contributed by atoms with van der Waals surface area (Å²) in [5, 5.41) is 2.45. The Morgan fingerprint density at radius 2 is 1.94 bits per heavy atom. The van der Waals surface area contributed by atoms with E-state index in [-0.39, 0.29) is 12.7 Å². The minimum Gasteiger partial charge on any atom is -0.467 e. The zero-order chi connectivity index (χ0) is 13.8. The predicted molar refractivity (Wildman–Crippen MR) is 64.1 cm³/mol. The molecule has 1 fully saturated rings. The molecule has 0 heterocycles. The minimum absolute atomic E-state index is 0.108. The van der Waals surface area contributed by atoms with Crippen LogP contribution in [0.2, 0.25) is 0 Å². The van der Waals surface area contributed by atoms with E-state index in [1.807, 2.05) is 0 Å². The summed E-state index contributed by atoms with van der Waals surface area (Å²) < 4.78 is 15.1. The molecule has 0 aromatic heterocycles. The monoisotopic (exact) mass is 259 g/mol. The molecule has 0 radical (unpaired) electrons. The van der Waals surface area contributed by atoms with E-state index in [4.69, 9.17) is 9.47 Å². The van der Waals surface area contributed by atoms with Gasteiger partial charge in [0.15, 0.2) is 6.04 Å². The lowest BCUT2D eigenvalue weighted by molar-refractivity contribution is -0.144. The van der Waals surface area contributed by atoms with Crippen LogP contribution in [0, 0.1) is 0 Å². The number of rotatable bonds is 5. The molecule has 0 aliphatic heterocycles. The SMILES string of the molecule is COC(=O)[C@H](COC1CC1)NC(=O)OC(C)(C)C. The van der Waals surface area contributed by atoms with Gasteiger partial charge in [0.25, 0.3) is 0 Å². The molecule has 1 atom stereocenters. The number of amides is 1. The second-order valence-electron chi connectivity index (χ2n) is 5.25. The molecule has 18 heavy (non-hydrogen) atoms. The Hall–Kier alpha value is -1.30. The number of esters is 1. The average Bonchev–Trinajstić information content (AvgIpc) is 3.04. The van der Waals surface area contributed by atoms with Crippen LogP contribution >= 0.6 is 0 Å². The summed E-state index contributed by atoms with van der Waals surface area (Å²) in [5.74, 6) is -0.540. The van der Waals surface area contributed by atoms with Crippen LogP contribution in [0.25, 0.3) is 0 Å². The Bertz CT molecular complexity index is 306. The highest BCUT2D eigenvalue weighted by Gasteiger charge is 2.29. The van der Waals surface area contributed by atoms with Crippen LogP contribution < -0.4 is 5.32 Å². The molecule has 1 rings (SSSR count). The van der Waals surface area contributed by atoms with E-state index in [2.05, 4.69) is 10.1 Å². The van der Waals surface area contributed by atoms with Crippen LogP contribution in [-0.4, -0.2) is 43.5 Å². The third kappa shape index (κ3) is 5.86. The van der Waals surface area contributed by atoms with Crippen LogP contribution in [0.15, 0.2) is 0 Å². The van der Waals surface area contributed by atoms with Gasteiger partial charge in [-0.3, -0.25) is 0 Å². The van der Waals surface area contributed by atoms with Crippen molar-refractivity contribution in [1.82, 2.24) is 5.32 Å². The minimum atomic E-state index is -0.828. The second kappa shape index (κ2) is 6.04. The van der Waals surface area contributed by atoms with E-state index >= 15 is 0 Å². The van der Waals surface area contributed by atoms with Crippen LogP contribution in [0.3, 0.4) is 0 Å². The van der Waals surface area contributed by atoms with Gasteiger partial charge in [-0.2, -0.15) is 0 Å². The van der Waals surface area contributed by atoms with Gasteiger partial charge >= 0.3 is 12.1 Å². The lowest BCUT2D eigenvalue weighted by atomic mass is 10.2. The number of alkyl carbamates (subject to hydrolysis) is 1. The standard InChI is InChI=1S/C12H21NO5/c1-12(2,3)18-11(15)13-9(10(14)16-4)7-17-8-5-6-8/h8-9H,5-7H2,1-4H3,(H,13,15)/t9-/m0/s1. The predicted octanol–water partition coefficient (Wildman–Crippen LogP) is 1.23. The Morgan fingerprint density at radius 3 is 2.39 bits per heavy atom. The van der Waals surface area contributed by atoms with Gasteiger partial charge in [-0.05, 0) is 33.6 Å². The van der Waals surface area contributed by atoms with Crippen molar-refractivity contribution in [3.05, 3.63) is 0 Å². The van der Waals surface area contributed by atoms with Crippen molar-refractivity contribution in [3.63, 3.8) is 0 Å². The molecule has 6 heteroatoms. The molecule has 1 amide bonds. The molecule has 1 aliphatic rings. The van der Waals surface area contributed by atoms with Crippen LogP contribution in [-0.2, 0) is 19.0 Å². The molecule has 1 aliphatic carbocycles. The maximum absolute atomic E-state index is 11.6. The van der Waals surface area contributed by atoms with Crippen LogP contribution in [0.5, 0.6) is 0 Å². The zero-order valence-corrected chi connectivity index (χ0v) is 11.3. The van der Waals surface area contributed by atoms with Crippen LogP contribution in [0.4, 0.5) is 4.79 Å². The van der Waals surface area contributed by atoms with Crippen molar-refractivity contribution in [3.8, 4) is 0 Å². The zero-order valence-electron chi connectivity index (χ0n) is 11.3. The Labute approximate surface area is 107 Å². The molecular weight excluding hydrogens is 238 g/mol. The Balaban J connectivity index is 2.43. The van der Waals surface area contributed by atoms with E-state index in [9.17, 15) is 9.59 Å². The topological polar surface area (TPSA) is 73.9 Å². The Kier molecular flexibility index (Phi) is 4.95. The normalized spacial score (nSPS) is 16.9. The molecule has 0 aromatic carbocycles. The maximum atomic E-state index is 11.6. The molecule has 0 aromatic rings. The highest BCUT2D eigenvalue weighted by atomic mass is 16.6. The van der Waals surface area contributed by atoms with Gasteiger partial charge in [-0.25, -0.2) is 9.59 Å². The average molecular weight is 259 g/mol. The quantitative estimate of drug-likeness (QED) is 0.752. The van der Waals surface area contributed by atoms with Crippen molar-refractivity contribution in [2.45, 2.75) is 51.4 Å². The molecule has 1 saturated carbocycles. The smallest absolute Gasteiger partial charge is 0.408 e. The first-order valence-corrected chi connectivity index (χ1v) is 6.01. The number of carbonyl (C=O) groups is 2. The fourth-order valence-electron chi connectivity index (χ4n) is 1.23. The first-order chi connectivity index (χ1) is 8.31. The molecule has 0 bridgehead atoms. The lowest BCUT2D eigenvalue weighted by Gasteiger charge is -2.22. The molecule has 1 N–H and O–H groups in total. The summed E-state index contributed by atoms with van der Waals surface area (Å²) in [7, 11) is 1.27. The van der Waals surface area contributed by atoms with Crippen molar-refractivity contribution < 1.29 is 23.8 Å². The van der Waals surface area contributed by atoms with Crippen molar-refractivity contribution >= 4 is 12.1 Å². The Morgan fingerprint density at radius 1 is 1.33 bits per heavy atom. The van der Waals surface area contributed by atoms with Crippen molar-refractivity contribution in [2.75, 3.05) is 13.7 Å². The molecule has 104 valence electrons. The molecule has 6 nitrogen and oxygen atoms in total. The third-order valence-electron chi connectivity index (χ3n) is 2.20. The van der Waals surface area contributed by atoms with E-state index < -0.39 is 23.7 Å². The number of methoxy groups -OCH3 is 1. The van der Waals surface area contributed by atoms with Crippen molar-refractivity contribution in [2.24, 2.45) is 0 Å². The van der Waals surface area contributed by atoms with E-state index in [0.717, 1.165) is 12.8 Å². The highest BCUT2D eigenvalue weighted by Crippen LogP contribution is 2.23. The summed E-state index contributed by atoms with van der Waals surface area (Å²) in [6, 6.07) is -0.828. The van der Waals surface area contributed by atoms with Gasteiger partial charge in [0, 0.05) is 0 Å². The van der Waals surface area contributed by atoms with E-state index in [1.165, 1.54) is 7.11 Å². The van der Waals surface area contributed by atoms with Gasteiger partial charge in [-0.15, -0.1) is 0 Å². The molecule has 0 saturated heterocycles. The second-order valence-corrected chi connectivity index (χ2v) is 5.25. The van der Waals surface area contributed by atoms with Gasteiger partial charge in [0.05, 0.1) is 19.8 Å². The van der Waals surface area contributed by atoms with E-state index in [1.54, 1.807) is 20.8 Å². The fraction of sp³-hybridized carbons (Fsp3) is 0.833. The summed E-state index contributed by atoms with van der Waals surface area (Å²) >= 11 is 0. The molecular formula is C12H21NO5. The highest BCUT2D eigenvalue weighted by molar-refractivity contribution is 5.81. The third-order valence-corrected chi connectivity index (χ3v) is 2.20. The number of nitrogens with one attached hydrogen (secondary N) is 1. The summed E-state index contributed by atoms with van der Waals surface area (Å²) in [5.41, 5.74) is -0.609. The number of carbonyl (C=O) groups excluding carboxylic acids is 2.